The van der Waals surface area contributed by atoms with Crippen LogP contribution in [0.25, 0.3) is 11.1 Å². The molecule has 2 nitrogen and oxygen atoms in total. The van der Waals surface area contributed by atoms with Gasteiger partial charge in [0.25, 0.3) is 0 Å². The van der Waals surface area contributed by atoms with Crippen molar-refractivity contribution in [3.05, 3.63) is 101 Å². The molecule has 0 saturated carbocycles. The van der Waals surface area contributed by atoms with Gasteiger partial charge >= 0.3 is 0 Å². The Hall–Kier alpha value is -2.91. The molecule has 2 atom stereocenters. The van der Waals surface area contributed by atoms with E-state index >= 15 is 0 Å². The summed E-state index contributed by atoms with van der Waals surface area (Å²) in [6, 6.07) is 24.0. The number of hydrogen-bond acceptors (Lipinski definition) is 2. The highest BCUT2D eigenvalue weighted by Crippen LogP contribution is 2.63. The van der Waals surface area contributed by atoms with Gasteiger partial charge in [-0.1, -0.05) is 60.7 Å². The fourth-order valence-electron chi connectivity index (χ4n) is 4.55. The number of fused-ring (bicyclic) bond motifs is 3. The van der Waals surface area contributed by atoms with Gasteiger partial charge in [-0.15, -0.1) is 0 Å². The number of para-hydroxylation sites is 1. The molecule has 0 saturated heterocycles. The molecule has 0 fully saturated rings. The first kappa shape index (κ1) is 16.3. The van der Waals surface area contributed by atoms with E-state index in [1.54, 1.807) is 12.1 Å². The molecule has 1 aliphatic heterocycles. The van der Waals surface area contributed by atoms with E-state index in [1.807, 2.05) is 61.5 Å². The maximum atomic E-state index is 13.6. The van der Waals surface area contributed by atoms with E-state index < -0.39 is 11.2 Å². The second-order valence-corrected chi connectivity index (χ2v) is 7.44. The Balaban J connectivity index is 1.82. The Morgan fingerprint density at radius 3 is 2.26 bits per heavy atom. The molecule has 2 aliphatic rings. The van der Waals surface area contributed by atoms with Crippen LogP contribution in [0.2, 0.25) is 0 Å². The second-order valence-electron chi connectivity index (χ2n) is 7.44. The molecule has 0 amide bonds. The van der Waals surface area contributed by atoms with E-state index in [0.717, 1.165) is 27.8 Å². The third kappa shape index (κ3) is 2.15. The molecule has 1 N–H and O–H groups in total. The van der Waals surface area contributed by atoms with Crippen LogP contribution in [-0.4, -0.2) is 10.7 Å². The minimum Gasteiger partial charge on any atom is -0.483 e. The molecule has 0 unspecified atom stereocenters. The van der Waals surface area contributed by atoms with Crippen molar-refractivity contribution in [2.75, 3.05) is 0 Å². The van der Waals surface area contributed by atoms with Gasteiger partial charge in [0.05, 0.1) is 0 Å². The molecule has 134 valence electrons. The summed E-state index contributed by atoms with van der Waals surface area (Å²) in [5, 5.41) is 12.1. The van der Waals surface area contributed by atoms with Crippen molar-refractivity contribution in [3.8, 4) is 5.75 Å². The first-order valence-corrected chi connectivity index (χ1v) is 9.09. The summed E-state index contributed by atoms with van der Waals surface area (Å²) in [5.74, 6) is 0.408. The van der Waals surface area contributed by atoms with Gasteiger partial charge in [0.2, 0.25) is 0 Å². The zero-order valence-electron chi connectivity index (χ0n) is 14.9. The van der Waals surface area contributed by atoms with Crippen molar-refractivity contribution in [2.45, 2.75) is 24.5 Å². The van der Waals surface area contributed by atoms with Crippen molar-refractivity contribution in [2.24, 2.45) is 0 Å². The standard InChI is InChI=1S/C24H19FO2/c1-23-15-19(16-7-3-2-4-8-16)22(17-11-13-18(25)14-12-17)24(23,26)20-9-5-6-10-21(20)27-23/h2-14,26H,15H2,1H3/t23-,24-/m0/s1. The minimum absolute atomic E-state index is 0.295. The highest BCUT2D eigenvalue weighted by Gasteiger charge is 2.63. The van der Waals surface area contributed by atoms with Gasteiger partial charge in [0.15, 0.2) is 5.60 Å². The van der Waals surface area contributed by atoms with E-state index in [2.05, 4.69) is 0 Å². The van der Waals surface area contributed by atoms with Gasteiger partial charge in [-0.3, -0.25) is 0 Å². The van der Waals surface area contributed by atoms with Crippen molar-refractivity contribution in [3.63, 3.8) is 0 Å². The van der Waals surface area contributed by atoms with Gasteiger partial charge in [0, 0.05) is 17.6 Å². The molecular weight excluding hydrogens is 339 g/mol. The average molecular weight is 358 g/mol. The van der Waals surface area contributed by atoms with Gasteiger partial charge in [-0.2, -0.15) is 0 Å². The van der Waals surface area contributed by atoms with Gasteiger partial charge < -0.3 is 9.84 Å². The van der Waals surface area contributed by atoms with Crippen molar-refractivity contribution in [1.29, 1.82) is 0 Å². The highest BCUT2D eigenvalue weighted by atomic mass is 19.1. The summed E-state index contributed by atoms with van der Waals surface area (Å²) in [7, 11) is 0. The van der Waals surface area contributed by atoms with Crippen LogP contribution in [0.15, 0.2) is 78.9 Å². The average Bonchev–Trinajstić information content (AvgIpc) is 3.05. The van der Waals surface area contributed by atoms with Crippen LogP contribution in [0, 0.1) is 5.82 Å². The van der Waals surface area contributed by atoms with Crippen LogP contribution >= 0.6 is 0 Å². The zero-order chi connectivity index (χ0) is 18.6. The van der Waals surface area contributed by atoms with E-state index in [0.29, 0.717) is 12.2 Å². The van der Waals surface area contributed by atoms with E-state index in [4.69, 9.17) is 4.74 Å². The maximum absolute atomic E-state index is 13.6. The zero-order valence-corrected chi connectivity index (χ0v) is 14.9. The van der Waals surface area contributed by atoms with E-state index in [1.165, 1.54) is 12.1 Å². The first-order valence-electron chi connectivity index (χ1n) is 9.09. The number of rotatable bonds is 2. The lowest BCUT2D eigenvalue weighted by Crippen LogP contribution is -2.46. The molecule has 3 heteroatoms. The number of benzene rings is 3. The minimum atomic E-state index is -1.30. The predicted octanol–water partition coefficient (Wildman–Crippen LogP) is 5.18. The van der Waals surface area contributed by atoms with Crippen LogP contribution in [0.5, 0.6) is 5.75 Å². The van der Waals surface area contributed by atoms with Crippen molar-refractivity contribution >= 4 is 11.1 Å². The molecule has 0 bridgehead atoms. The predicted molar refractivity (Wildman–Crippen MR) is 104 cm³/mol. The highest BCUT2D eigenvalue weighted by molar-refractivity contribution is 6.00. The third-order valence-corrected chi connectivity index (χ3v) is 5.81. The van der Waals surface area contributed by atoms with Crippen LogP contribution < -0.4 is 4.74 Å². The summed E-state index contributed by atoms with van der Waals surface area (Å²) in [6.07, 6.45) is 0.564. The van der Waals surface area contributed by atoms with Crippen LogP contribution in [0.4, 0.5) is 4.39 Å². The molecule has 1 aliphatic carbocycles. The molecule has 0 radical (unpaired) electrons. The van der Waals surface area contributed by atoms with Crippen molar-refractivity contribution in [1.82, 2.24) is 0 Å². The first-order chi connectivity index (χ1) is 13.0. The summed E-state index contributed by atoms with van der Waals surface area (Å²) in [6.45, 7) is 1.95. The van der Waals surface area contributed by atoms with Crippen LogP contribution in [-0.2, 0) is 5.60 Å². The lowest BCUT2D eigenvalue weighted by atomic mass is 9.77. The Kier molecular flexibility index (Phi) is 3.34. The van der Waals surface area contributed by atoms with Crippen LogP contribution in [0.1, 0.15) is 30.0 Å². The van der Waals surface area contributed by atoms with Crippen LogP contribution in [0.3, 0.4) is 0 Å². The topological polar surface area (TPSA) is 29.5 Å². The maximum Gasteiger partial charge on any atom is 0.158 e. The summed E-state index contributed by atoms with van der Waals surface area (Å²) in [4.78, 5) is 0. The molecule has 0 aromatic heterocycles. The smallest absolute Gasteiger partial charge is 0.158 e. The quantitative estimate of drug-likeness (QED) is 0.684. The van der Waals surface area contributed by atoms with Gasteiger partial charge in [-0.05, 0) is 41.8 Å². The monoisotopic (exact) mass is 358 g/mol. The molecule has 3 aromatic rings. The van der Waals surface area contributed by atoms with Gasteiger partial charge in [0.1, 0.15) is 17.2 Å². The Morgan fingerprint density at radius 1 is 0.852 bits per heavy atom. The molecular formula is C24H19FO2. The Labute approximate surface area is 157 Å². The van der Waals surface area contributed by atoms with Gasteiger partial charge in [-0.25, -0.2) is 4.39 Å². The summed E-state index contributed by atoms with van der Waals surface area (Å²) in [5.41, 5.74) is 2.32. The molecule has 0 spiro atoms. The fourth-order valence-corrected chi connectivity index (χ4v) is 4.55. The molecule has 1 heterocycles. The Morgan fingerprint density at radius 2 is 1.52 bits per heavy atom. The Bertz CT molecular complexity index is 1060. The fraction of sp³-hybridized carbons (Fsp3) is 0.167. The normalized spacial score (nSPS) is 25.9. The molecule has 3 aromatic carbocycles. The summed E-state index contributed by atoms with van der Waals surface area (Å²) < 4.78 is 19.9. The SMILES string of the molecule is C[C@]12CC(c3ccccc3)=C(c3ccc(F)cc3)[C@@]1(O)c1ccccc1O2. The molecule has 27 heavy (non-hydrogen) atoms. The second kappa shape index (κ2) is 5.54. The lowest BCUT2D eigenvalue weighted by Gasteiger charge is -2.34. The summed E-state index contributed by atoms with van der Waals surface area (Å²) >= 11 is 0. The number of halogens is 1. The lowest BCUT2D eigenvalue weighted by molar-refractivity contribution is -0.0516. The number of hydrogen-bond donors (Lipinski definition) is 1. The van der Waals surface area contributed by atoms with E-state index in [9.17, 15) is 9.50 Å². The third-order valence-electron chi connectivity index (χ3n) is 5.81. The largest absolute Gasteiger partial charge is 0.483 e. The number of ether oxygens (including phenoxy) is 1. The number of aliphatic hydroxyl groups is 1. The molecule has 5 rings (SSSR count). The van der Waals surface area contributed by atoms with E-state index in [-0.39, 0.29) is 5.82 Å². The van der Waals surface area contributed by atoms with Crippen molar-refractivity contribution < 1.29 is 14.2 Å².